The Labute approximate surface area is 287 Å². The molecule has 254 valence electrons. The lowest BCUT2D eigenvalue weighted by atomic mass is 9.77. The van der Waals surface area contributed by atoms with Crippen LogP contribution in [-0.2, 0) is 20.0 Å². The summed E-state index contributed by atoms with van der Waals surface area (Å²) in [4.78, 5) is 53.5. The molecule has 0 fully saturated rings. The molecule has 14 heteroatoms. The molecule has 2 aliphatic heterocycles. The van der Waals surface area contributed by atoms with E-state index in [-0.39, 0.29) is 28.4 Å². The Kier molecular flexibility index (Phi) is 8.69. The first-order valence-corrected chi connectivity index (χ1v) is 15.3. The average molecular weight is 688 g/mol. The van der Waals surface area contributed by atoms with E-state index in [2.05, 4.69) is 17.9 Å². The van der Waals surface area contributed by atoms with Crippen molar-refractivity contribution >= 4 is 41.8 Å². The van der Waals surface area contributed by atoms with Crippen LogP contribution in [0.3, 0.4) is 0 Å². The van der Waals surface area contributed by atoms with Crippen LogP contribution in [-0.4, -0.2) is 71.6 Å². The van der Waals surface area contributed by atoms with Crippen LogP contribution in [0.1, 0.15) is 37.4 Å². The van der Waals surface area contributed by atoms with Crippen LogP contribution in [0.4, 0.5) is 11.4 Å². The lowest BCUT2D eigenvalue weighted by Crippen LogP contribution is -2.43. The number of carbonyl (C=O) groups excluding carboxylic acids is 2. The van der Waals surface area contributed by atoms with Gasteiger partial charge in [-0.3, -0.25) is 4.79 Å². The van der Waals surface area contributed by atoms with Crippen molar-refractivity contribution in [2.75, 3.05) is 52.2 Å². The first-order valence-electron chi connectivity index (χ1n) is 14.9. The van der Waals surface area contributed by atoms with Crippen LogP contribution in [0.15, 0.2) is 71.6 Å². The molecule has 2 N–H and O–H groups in total. The molecule has 49 heavy (non-hydrogen) atoms. The summed E-state index contributed by atoms with van der Waals surface area (Å²) in [6, 6.07) is 18.6. The second kappa shape index (κ2) is 12.8. The van der Waals surface area contributed by atoms with Crippen molar-refractivity contribution in [1.29, 1.82) is 0 Å². The van der Waals surface area contributed by atoms with E-state index >= 15 is 0 Å². The number of amides is 1. The van der Waals surface area contributed by atoms with Gasteiger partial charge in [0.25, 0.3) is 12.1 Å². The normalized spacial score (nSPS) is 14.0. The number of hydrogen-bond donors (Lipinski definition) is 3. The Morgan fingerprint density at radius 3 is 1.90 bits per heavy atom. The quantitative estimate of drug-likeness (QED) is 0.0690. The zero-order valence-electron chi connectivity index (χ0n) is 27.4. The molecule has 0 saturated heterocycles. The maximum atomic E-state index is 13.6. The van der Waals surface area contributed by atoms with Crippen molar-refractivity contribution in [3.05, 3.63) is 94.5 Å². The number of benzene rings is 4. The molecule has 2 heterocycles. The van der Waals surface area contributed by atoms with Gasteiger partial charge in [-0.25, -0.2) is 9.59 Å². The molecule has 0 radical (unpaired) electrons. The molecule has 1 atom stereocenters. The third kappa shape index (κ3) is 5.78. The van der Waals surface area contributed by atoms with Crippen molar-refractivity contribution < 1.29 is 48.2 Å². The van der Waals surface area contributed by atoms with Crippen LogP contribution in [0, 0.1) is 0 Å². The Morgan fingerprint density at radius 1 is 0.837 bits per heavy atom. The summed E-state index contributed by atoms with van der Waals surface area (Å²) >= 11 is 4.32. The molecule has 0 aliphatic carbocycles. The number of methoxy groups -OCH3 is 2. The largest absolute Gasteiger partial charge is 0.495 e. The van der Waals surface area contributed by atoms with Crippen LogP contribution < -0.4 is 34.2 Å². The monoisotopic (exact) mass is 687 g/mol. The van der Waals surface area contributed by atoms with Gasteiger partial charge in [-0.2, -0.15) is 4.89 Å². The molecule has 0 aromatic heterocycles. The van der Waals surface area contributed by atoms with E-state index in [1.54, 1.807) is 6.07 Å². The first kappa shape index (κ1) is 33.3. The molecular formula is C35H33N3O10S. The summed E-state index contributed by atoms with van der Waals surface area (Å²) in [6.45, 7) is 0. The number of fused-ring (bicyclic) bond motifs is 6. The number of nitrogens with zero attached hydrogens (tertiary/aromatic N) is 2. The number of carbonyl (C=O) groups is 3. The van der Waals surface area contributed by atoms with E-state index in [1.807, 2.05) is 74.4 Å². The van der Waals surface area contributed by atoms with Gasteiger partial charge in [0.1, 0.15) is 23.0 Å². The van der Waals surface area contributed by atoms with Gasteiger partial charge in [-0.1, -0.05) is 6.07 Å². The molecule has 0 saturated carbocycles. The van der Waals surface area contributed by atoms with Crippen LogP contribution in [0.5, 0.6) is 28.7 Å². The predicted molar refractivity (Wildman–Crippen MR) is 181 cm³/mol. The van der Waals surface area contributed by atoms with Gasteiger partial charge in [0.15, 0.2) is 11.4 Å². The first-order chi connectivity index (χ1) is 23.4. The fourth-order valence-corrected chi connectivity index (χ4v) is 6.07. The average Bonchev–Trinajstić information content (AvgIpc) is 3.37. The molecule has 1 amide bonds. The maximum absolute atomic E-state index is 13.6. The van der Waals surface area contributed by atoms with Crippen LogP contribution in [0.25, 0.3) is 0 Å². The standard InChI is InChI=1S/C35H33N3O10S/c1-37(2)19-8-11-24-26(14-19)45-27-15-20(38(3)4)9-12-25(27)35(24)23-10-7-18(13-22(23)34(42)46-35)31(39)36-32(33(40)41)48-47-21-16-28(43-5)30(49)29(17-21)44-6/h7-17,32,49H,1-6H3,(H,36,39)(H,40,41). The Bertz CT molecular complexity index is 1910. The highest BCUT2D eigenvalue weighted by Gasteiger charge is 2.54. The highest BCUT2D eigenvalue weighted by Crippen LogP contribution is 2.57. The van der Waals surface area contributed by atoms with Gasteiger partial charge < -0.3 is 44.1 Å². The van der Waals surface area contributed by atoms with Crippen molar-refractivity contribution in [3.63, 3.8) is 0 Å². The number of thiol groups is 1. The molecular weight excluding hydrogens is 654 g/mol. The van der Waals surface area contributed by atoms with Gasteiger partial charge in [-0.05, 0) is 36.4 Å². The van der Waals surface area contributed by atoms with Gasteiger partial charge >= 0.3 is 11.9 Å². The fraction of sp³-hybridized carbons (Fsp3) is 0.229. The molecule has 2 aliphatic rings. The summed E-state index contributed by atoms with van der Waals surface area (Å²) in [5.74, 6) is -1.42. The van der Waals surface area contributed by atoms with Crippen molar-refractivity contribution in [1.82, 2.24) is 5.32 Å². The van der Waals surface area contributed by atoms with Crippen LogP contribution >= 0.6 is 12.6 Å². The highest BCUT2D eigenvalue weighted by molar-refractivity contribution is 7.80. The summed E-state index contributed by atoms with van der Waals surface area (Å²) in [7, 11) is 10.5. The molecule has 4 aromatic rings. The number of esters is 1. The van der Waals surface area contributed by atoms with Gasteiger partial charge in [-0.15, -0.1) is 12.6 Å². The van der Waals surface area contributed by atoms with E-state index in [9.17, 15) is 19.5 Å². The minimum Gasteiger partial charge on any atom is -0.495 e. The topological polar surface area (TPSA) is 145 Å². The van der Waals surface area contributed by atoms with Gasteiger partial charge in [0.2, 0.25) is 0 Å². The second-order valence-corrected chi connectivity index (χ2v) is 12.1. The van der Waals surface area contributed by atoms with E-state index in [0.29, 0.717) is 33.1 Å². The number of anilines is 2. The minimum absolute atomic E-state index is 0.0104. The smallest absolute Gasteiger partial charge is 0.358 e. The zero-order valence-corrected chi connectivity index (χ0v) is 28.3. The number of rotatable bonds is 10. The Morgan fingerprint density at radius 2 is 1.39 bits per heavy atom. The number of nitrogens with one attached hydrogen (secondary N) is 1. The molecule has 0 bridgehead atoms. The van der Waals surface area contributed by atoms with Crippen LogP contribution in [0.2, 0.25) is 0 Å². The number of ether oxygens (including phenoxy) is 4. The third-order valence-corrected chi connectivity index (χ3v) is 8.69. The summed E-state index contributed by atoms with van der Waals surface area (Å²) in [5.41, 5.74) is 2.25. The zero-order chi connectivity index (χ0) is 35.2. The fourth-order valence-electron chi connectivity index (χ4n) is 5.75. The summed E-state index contributed by atoms with van der Waals surface area (Å²) < 4.78 is 23.1. The van der Waals surface area contributed by atoms with E-state index in [1.165, 1.54) is 38.5 Å². The molecule has 1 spiro atoms. The Hall–Kier alpha value is -5.60. The molecule has 6 rings (SSSR count). The lowest BCUT2D eigenvalue weighted by Gasteiger charge is -2.37. The van der Waals surface area contributed by atoms with Crippen molar-refractivity contribution in [2.24, 2.45) is 0 Å². The third-order valence-electron chi connectivity index (χ3n) is 8.25. The van der Waals surface area contributed by atoms with Gasteiger partial charge in [0.05, 0.1) is 24.7 Å². The Balaban J connectivity index is 1.33. The van der Waals surface area contributed by atoms with E-state index < -0.39 is 29.7 Å². The van der Waals surface area contributed by atoms with Crippen molar-refractivity contribution in [3.8, 4) is 28.7 Å². The number of carboxylic acid groups (broad SMARTS) is 1. The number of aliphatic carboxylic acids is 1. The van der Waals surface area contributed by atoms with Gasteiger partial charge in [0, 0.05) is 86.1 Å². The van der Waals surface area contributed by atoms with Crippen molar-refractivity contribution in [2.45, 2.75) is 16.7 Å². The highest BCUT2D eigenvalue weighted by atomic mass is 32.1. The second-order valence-electron chi connectivity index (χ2n) is 11.6. The minimum atomic E-state index is -1.93. The summed E-state index contributed by atoms with van der Waals surface area (Å²) in [5, 5.41) is 12.0. The number of hydrogen-bond acceptors (Lipinski definition) is 12. The maximum Gasteiger partial charge on any atom is 0.358 e. The molecule has 13 nitrogen and oxygen atoms in total. The summed E-state index contributed by atoms with van der Waals surface area (Å²) in [6.07, 6.45) is -1.93. The SMILES string of the molecule is COc1cc(OOC(NC(=O)c2ccc3c(c2)C(=O)OC32c3ccc(N(C)C)cc3Oc3cc(N(C)C)ccc32)C(=O)O)cc(OC)c1S. The van der Waals surface area contributed by atoms with E-state index in [4.69, 9.17) is 28.7 Å². The molecule has 1 unspecified atom stereocenters. The lowest BCUT2D eigenvalue weighted by molar-refractivity contribution is -0.251. The predicted octanol–water partition coefficient (Wildman–Crippen LogP) is 4.84. The van der Waals surface area contributed by atoms with E-state index in [0.717, 1.165) is 11.4 Å². The molecule has 4 aromatic carbocycles. The number of carboxylic acids is 1.